The van der Waals surface area contributed by atoms with Gasteiger partial charge in [-0.05, 0) is 43.7 Å². The standard InChI is InChI=1S/C16H19N3OS2/c1-2-4-13-10(3-1)5-14(22-13)16-18-17-15(20-16)8-19-7-12-6-11(19)9-21-12/h5,11-12H,1-4,6-9H2/t11-,12-/m0/s1. The van der Waals surface area contributed by atoms with Gasteiger partial charge in [-0.3, -0.25) is 4.90 Å². The summed E-state index contributed by atoms with van der Waals surface area (Å²) in [5.41, 5.74) is 1.50. The number of likely N-dealkylation sites (tertiary alicyclic amines) is 1. The van der Waals surface area contributed by atoms with Crippen LogP contribution < -0.4 is 0 Å². The lowest BCUT2D eigenvalue weighted by Crippen LogP contribution is -2.33. The monoisotopic (exact) mass is 333 g/mol. The van der Waals surface area contributed by atoms with Crippen molar-refractivity contribution in [3.63, 3.8) is 0 Å². The summed E-state index contributed by atoms with van der Waals surface area (Å²) in [6, 6.07) is 2.99. The van der Waals surface area contributed by atoms with Gasteiger partial charge in [0, 0.05) is 28.5 Å². The van der Waals surface area contributed by atoms with E-state index >= 15 is 0 Å². The number of thiophene rings is 1. The van der Waals surface area contributed by atoms with E-state index in [-0.39, 0.29) is 0 Å². The van der Waals surface area contributed by atoms with Gasteiger partial charge in [-0.2, -0.15) is 11.8 Å². The van der Waals surface area contributed by atoms with Crippen molar-refractivity contribution in [2.45, 2.75) is 49.9 Å². The number of aromatic nitrogens is 2. The van der Waals surface area contributed by atoms with E-state index in [4.69, 9.17) is 4.42 Å². The Morgan fingerprint density at radius 3 is 3.05 bits per heavy atom. The summed E-state index contributed by atoms with van der Waals surface area (Å²) in [5.74, 6) is 2.76. The number of fused-ring (bicyclic) bond motifs is 3. The van der Waals surface area contributed by atoms with Gasteiger partial charge in [0.2, 0.25) is 5.89 Å². The largest absolute Gasteiger partial charge is 0.419 e. The Kier molecular flexibility index (Phi) is 3.30. The Labute approximate surface area is 138 Å². The molecule has 2 bridgehead atoms. The number of aryl methyl sites for hydroxylation is 2. The molecule has 2 aliphatic heterocycles. The summed E-state index contributed by atoms with van der Waals surface area (Å²) in [7, 11) is 0. The van der Waals surface area contributed by atoms with Crippen molar-refractivity contribution >= 4 is 23.1 Å². The Balaban J connectivity index is 1.34. The molecule has 5 rings (SSSR count). The minimum Gasteiger partial charge on any atom is -0.419 e. The van der Waals surface area contributed by atoms with E-state index in [9.17, 15) is 0 Å². The highest BCUT2D eigenvalue weighted by Crippen LogP contribution is 2.38. The van der Waals surface area contributed by atoms with E-state index in [1.54, 1.807) is 0 Å². The Morgan fingerprint density at radius 1 is 1.27 bits per heavy atom. The summed E-state index contributed by atoms with van der Waals surface area (Å²) in [6.07, 6.45) is 6.39. The highest BCUT2D eigenvalue weighted by molar-refractivity contribution is 8.00. The molecule has 2 aromatic heterocycles. The van der Waals surface area contributed by atoms with Crippen LogP contribution in [0.3, 0.4) is 0 Å². The van der Waals surface area contributed by atoms with E-state index in [0.717, 1.165) is 28.6 Å². The van der Waals surface area contributed by atoms with Gasteiger partial charge < -0.3 is 4.42 Å². The third-order valence-corrected chi connectivity index (χ3v) is 7.64. The molecule has 2 atom stereocenters. The van der Waals surface area contributed by atoms with E-state index < -0.39 is 0 Å². The molecule has 0 N–H and O–H groups in total. The average Bonchev–Trinajstić information content (AvgIpc) is 3.30. The SMILES string of the molecule is c1c(-c2nnc(CN3C[C@@H]4C[C@H]3CS4)o2)sc2c1CCCC2. The van der Waals surface area contributed by atoms with E-state index in [0.29, 0.717) is 5.89 Å². The number of rotatable bonds is 3. The lowest BCUT2D eigenvalue weighted by molar-refractivity contribution is 0.235. The fourth-order valence-corrected chi connectivity index (χ4v) is 6.53. The number of hydrogen-bond acceptors (Lipinski definition) is 6. The maximum atomic E-state index is 5.96. The molecule has 0 spiro atoms. The number of thioether (sulfide) groups is 1. The van der Waals surface area contributed by atoms with Crippen LogP contribution in [0.15, 0.2) is 10.5 Å². The normalized spacial score (nSPS) is 27.5. The van der Waals surface area contributed by atoms with Crippen molar-refractivity contribution in [1.82, 2.24) is 15.1 Å². The molecule has 6 heteroatoms. The molecule has 116 valence electrons. The topological polar surface area (TPSA) is 42.2 Å². The average molecular weight is 333 g/mol. The molecule has 0 saturated carbocycles. The van der Waals surface area contributed by atoms with Crippen LogP contribution in [0.5, 0.6) is 0 Å². The smallest absolute Gasteiger partial charge is 0.257 e. The van der Waals surface area contributed by atoms with Crippen molar-refractivity contribution in [2.75, 3.05) is 12.3 Å². The van der Waals surface area contributed by atoms with Crippen LogP contribution in [0.4, 0.5) is 0 Å². The molecule has 3 aliphatic rings. The summed E-state index contributed by atoms with van der Waals surface area (Å²) in [4.78, 5) is 5.19. The quantitative estimate of drug-likeness (QED) is 0.861. The predicted molar refractivity (Wildman–Crippen MR) is 89.3 cm³/mol. The summed E-state index contributed by atoms with van der Waals surface area (Å²) < 4.78 is 5.96. The summed E-state index contributed by atoms with van der Waals surface area (Å²) >= 11 is 3.96. The lowest BCUT2D eigenvalue weighted by Gasteiger charge is -2.24. The second-order valence-electron chi connectivity index (χ2n) is 6.54. The second-order valence-corrected chi connectivity index (χ2v) is 9.01. The Bertz CT molecular complexity index is 672. The zero-order chi connectivity index (χ0) is 14.5. The minimum absolute atomic E-state index is 0.716. The van der Waals surface area contributed by atoms with Crippen LogP contribution in [-0.2, 0) is 19.4 Å². The molecule has 2 saturated heterocycles. The van der Waals surface area contributed by atoms with Gasteiger partial charge in [0.1, 0.15) is 0 Å². The van der Waals surface area contributed by atoms with E-state index in [1.807, 2.05) is 11.3 Å². The summed E-state index contributed by atoms with van der Waals surface area (Å²) in [6.45, 7) is 2.00. The molecule has 4 nitrogen and oxygen atoms in total. The lowest BCUT2D eigenvalue weighted by atomic mass is 9.99. The Morgan fingerprint density at radius 2 is 2.23 bits per heavy atom. The first-order valence-electron chi connectivity index (χ1n) is 8.15. The zero-order valence-corrected chi connectivity index (χ0v) is 14.1. The molecule has 0 aromatic carbocycles. The molecular weight excluding hydrogens is 314 g/mol. The van der Waals surface area contributed by atoms with Gasteiger partial charge in [0.25, 0.3) is 5.89 Å². The van der Waals surface area contributed by atoms with Gasteiger partial charge in [-0.1, -0.05) is 0 Å². The van der Waals surface area contributed by atoms with Crippen LogP contribution in [0.25, 0.3) is 10.8 Å². The fourth-order valence-electron chi connectivity index (χ4n) is 3.86. The first-order valence-corrected chi connectivity index (χ1v) is 10.0. The zero-order valence-electron chi connectivity index (χ0n) is 12.5. The van der Waals surface area contributed by atoms with E-state index in [2.05, 4.69) is 32.9 Å². The van der Waals surface area contributed by atoms with Gasteiger partial charge in [-0.15, -0.1) is 21.5 Å². The molecule has 22 heavy (non-hydrogen) atoms. The van der Waals surface area contributed by atoms with Crippen molar-refractivity contribution in [3.8, 4) is 10.8 Å². The highest BCUT2D eigenvalue weighted by Gasteiger charge is 2.38. The molecule has 2 aromatic rings. The number of hydrogen-bond donors (Lipinski definition) is 0. The van der Waals surface area contributed by atoms with Crippen molar-refractivity contribution in [1.29, 1.82) is 0 Å². The Hall–Kier alpha value is -0.850. The predicted octanol–water partition coefficient (Wildman–Crippen LogP) is 3.37. The van der Waals surface area contributed by atoms with Crippen LogP contribution in [0, 0.1) is 0 Å². The molecule has 4 heterocycles. The third-order valence-electron chi connectivity index (χ3n) is 5.03. The number of nitrogens with zero attached hydrogens (tertiary/aromatic N) is 3. The summed E-state index contributed by atoms with van der Waals surface area (Å²) in [5, 5.41) is 9.41. The van der Waals surface area contributed by atoms with Crippen LogP contribution in [0.1, 0.15) is 35.6 Å². The maximum Gasteiger partial charge on any atom is 0.257 e. The van der Waals surface area contributed by atoms with Gasteiger partial charge in [0.05, 0.1) is 11.4 Å². The molecule has 0 amide bonds. The maximum absolute atomic E-state index is 5.96. The minimum atomic E-state index is 0.716. The van der Waals surface area contributed by atoms with Crippen molar-refractivity contribution in [3.05, 3.63) is 22.4 Å². The first kappa shape index (κ1) is 13.6. The van der Waals surface area contributed by atoms with Crippen LogP contribution >= 0.6 is 23.1 Å². The molecule has 1 aliphatic carbocycles. The van der Waals surface area contributed by atoms with Crippen molar-refractivity contribution in [2.24, 2.45) is 0 Å². The van der Waals surface area contributed by atoms with Gasteiger partial charge in [0.15, 0.2) is 0 Å². The van der Waals surface area contributed by atoms with Crippen molar-refractivity contribution < 1.29 is 4.42 Å². The van der Waals surface area contributed by atoms with Crippen LogP contribution in [-0.4, -0.2) is 38.7 Å². The molecule has 0 radical (unpaired) electrons. The molecule has 0 unspecified atom stereocenters. The van der Waals surface area contributed by atoms with Gasteiger partial charge in [-0.25, -0.2) is 0 Å². The fraction of sp³-hybridized carbons (Fsp3) is 0.625. The first-order chi connectivity index (χ1) is 10.8. The molecular formula is C16H19N3OS2. The third kappa shape index (κ3) is 2.32. The molecule has 2 fully saturated rings. The van der Waals surface area contributed by atoms with Gasteiger partial charge >= 0.3 is 0 Å². The van der Waals surface area contributed by atoms with Crippen LogP contribution in [0.2, 0.25) is 0 Å². The highest BCUT2D eigenvalue weighted by atomic mass is 32.2. The van der Waals surface area contributed by atoms with E-state index in [1.165, 1.54) is 54.8 Å². The second kappa shape index (κ2) is 5.35.